The fraction of sp³-hybridized carbons (Fsp3) is 0.929. The molecule has 0 saturated carbocycles. The third kappa shape index (κ3) is 19.0. The van der Waals surface area contributed by atoms with Crippen molar-refractivity contribution in [3.05, 3.63) is 0 Å². The van der Waals surface area contributed by atoms with Gasteiger partial charge in [0.1, 0.15) is 13.2 Å². The summed E-state index contributed by atoms with van der Waals surface area (Å²) in [6, 6.07) is 0. The molecule has 5 nitrogen and oxygen atoms in total. The molecular formula is C28H54O5. The van der Waals surface area contributed by atoms with Gasteiger partial charge in [-0.15, -0.1) is 0 Å². The van der Waals surface area contributed by atoms with Gasteiger partial charge < -0.3 is 14.6 Å². The number of rotatable bonds is 24. The number of aliphatic hydroxyl groups excluding tert-OH is 1. The highest BCUT2D eigenvalue weighted by molar-refractivity contribution is 5.69. The van der Waals surface area contributed by atoms with E-state index in [9.17, 15) is 14.7 Å². The first kappa shape index (κ1) is 31.9. The Bertz CT molecular complexity index is 421. The second-order valence-electron chi connectivity index (χ2n) is 9.78. The molecule has 1 N–H and O–H groups in total. The maximum absolute atomic E-state index is 12.1. The average Bonchev–Trinajstić information content (AvgIpc) is 2.83. The van der Waals surface area contributed by atoms with E-state index in [0.717, 1.165) is 25.7 Å². The third-order valence-electron chi connectivity index (χ3n) is 6.63. The van der Waals surface area contributed by atoms with E-state index in [-0.39, 0.29) is 31.8 Å². The highest BCUT2D eigenvalue weighted by Gasteiger charge is 2.31. The number of aliphatic hydroxyl groups is 1. The van der Waals surface area contributed by atoms with Crippen molar-refractivity contribution in [3.8, 4) is 0 Å². The Balaban J connectivity index is 3.96. The van der Waals surface area contributed by atoms with Crippen molar-refractivity contribution in [2.24, 2.45) is 5.41 Å². The minimum absolute atomic E-state index is 0.0981. The highest BCUT2D eigenvalue weighted by atomic mass is 16.5. The topological polar surface area (TPSA) is 72.8 Å². The van der Waals surface area contributed by atoms with E-state index in [1.165, 1.54) is 77.0 Å². The van der Waals surface area contributed by atoms with Crippen LogP contribution in [0.5, 0.6) is 0 Å². The fourth-order valence-corrected chi connectivity index (χ4v) is 3.87. The minimum atomic E-state index is -0.704. The van der Waals surface area contributed by atoms with Crippen LogP contribution in [0.2, 0.25) is 0 Å². The van der Waals surface area contributed by atoms with Crippen LogP contribution in [0.4, 0.5) is 0 Å². The molecule has 0 aromatic heterocycles. The third-order valence-corrected chi connectivity index (χ3v) is 6.63. The normalized spacial score (nSPS) is 11.5. The second kappa shape index (κ2) is 22.7. The predicted octanol–water partition coefficient (Wildman–Crippen LogP) is 7.52. The maximum Gasteiger partial charge on any atom is 0.305 e. The zero-order chi connectivity index (χ0) is 24.6. The number of carbonyl (C=O) groups excluding carboxylic acids is 2. The largest absolute Gasteiger partial charge is 0.465 e. The summed E-state index contributed by atoms with van der Waals surface area (Å²) in [6.07, 6.45) is 20.3. The van der Waals surface area contributed by atoms with Gasteiger partial charge in [-0.1, -0.05) is 111 Å². The molecule has 0 aliphatic heterocycles. The molecular weight excluding hydrogens is 416 g/mol. The lowest BCUT2D eigenvalue weighted by molar-refractivity contribution is -0.156. The molecule has 196 valence electrons. The Kier molecular flexibility index (Phi) is 21.9. The van der Waals surface area contributed by atoms with E-state index in [1.54, 1.807) is 0 Å². The fourth-order valence-electron chi connectivity index (χ4n) is 3.87. The van der Waals surface area contributed by atoms with Crippen molar-refractivity contribution >= 4 is 11.9 Å². The van der Waals surface area contributed by atoms with E-state index in [2.05, 4.69) is 13.8 Å². The summed E-state index contributed by atoms with van der Waals surface area (Å²) < 4.78 is 10.9. The summed E-state index contributed by atoms with van der Waals surface area (Å²) in [6.45, 7) is 6.39. The van der Waals surface area contributed by atoms with Crippen molar-refractivity contribution in [1.29, 1.82) is 0 Å². The number of unbranched alkanes of at least 4 members (excludes halogenated alkanes) is 14. The van der Waals surface area contributed by atoms with Crippen LogP contribution in [-0.2, 0) is 19.1 Å². The van der Waals surface area contributed by atoms with E-state index in [1.807, 2.05) is 6.92 Å². The number of hydrogen-bond acceptors (Lipinski definition) is 5. The van der Waals surface area contributed by atoms with Crippen LogP contribution in [0.25, 0.3) is 0 Å². The number of ether oxygens (including phenoxy) is 2. The summed E-state index contributed by atoms with van der Waals surface area (Å²) in [5, 5.41) is 9.89. The van der Waals surface area contributed by atoms with Crippen LogP contribution in [0.15, 0.2) is 0 Å². The molecule has 5 heteroatoms. The summed E-state index contributed by atoms with van der Waals surface area (Å²) in [5.74, 6) is -0.449. The van der Waals surface area contributed by atoms with Crippen LogP contribution in [0, 0.1) is 5.41 Å². The van der Waals surface area contributed by atoms with Crippen molar-refractivity contribution < 1.29 is 24.2 Å². The van der Waals surface area contributed by atoms with Crippen molar-refractivity contribution in [2.45, 2.75) is 143 Å². The summed E-state index contributed by atoms with van der Waals surface area (Å²) in [7, 11) is 0. The predicted molar refractivity (Wildman–Crippen MR) is 136 cm³/mol. The van der Waals surface area contributed by atoms with Gasteiger partial charge in [0.15, 0.2) is 0 Å². The van der Waals surface area contributed by atoms with Crippen molar-refractivity contribution in [2.75, 3.05) is 19.8 Å². The van der Waals surface area contributed by atoms with Gasteiger partial charge in [-0.2, -0.15) is 0 Å². The smallest absolute Gasteiger partial charge is 0.305 e. The monoisotopic (exact) mass is 470 g/mol. The van der Waals surface area contributed by atoms with Gasteiger partial charge in [0, 0.05) is 12.8 Å². The SMILES string of the molecule is CCCCCCCCCCC(=O)OCC(CC)(CO)COC(=O)CCCCCCCCCC. The molecule has 0 rings (SSSR count). The first-order chi connectivity index (χ1) is 16.0. The molecule has 0 spiro atoms. The Morgan fingerprint density at radius 3 is 1.21 bits per heavy atom. The molecule has 0 aromatic rings. The number of hydrogen-bond donors (Lipinski definition) is 1. The molecule has 0 aliphatic rings. The van der Waals surface area contributed by atoms with E-state index in [4.69, 9.17) is 9.47 Å². The zero-order valence-electron chi connectivity index (χ0n) is 22.1. The molecule has 33 heavy (non-hydrogen) atoms. The van der Waals surface area contributed by atoms with Gasteiger partial charge in [-0.05, 0) is 19.3 Å². The summed E-state index contributed by atoms with van der Waals surface area (Å²) >= 11 is 0. The van der Waals surface area contributed by atoms with E-state index >= 15 is 0 Å². The van der Waals surface area contributed by atoms with E-state index in [0.29, 0.717) is 19.3 Å². The maximum atomic E-state index is 12.1. The first-order valence-electron chi connectivity index (χ1n) is 14.0. The Hall–Kier alpha value is -1.10. The lowest BCUT2D eigenvalue weighted by Crippen LogP contribution is -2.37. The molecule has 0 unspecified atom stereocenters. The molecule has 0 amide bonds. The van der Waals surface area contributed by atoms with Gasteiger partial charge >= 0.3 is 11.9 Å². The van der Waals surface area contributed by atoms with Crippen LogP contribution >= 0.6 is 0 Å². The average molecular weight is 471 g/mol. The van der Waals surface area contributed by atoms with Gasteiger partial charge in [-0.25, -0.2) is 0 Å². The Morgan fingerprint density at radius 2 is 0.909 bits per heavy atom. The number of esters is 2. The van der Waals surface area contributed by atoms with Crippen molar-refractivity contribution in [3.63, 3.8) is 0 Å². The molecule has 0 aliphatic carbocycles. The summed E-state index contributed by atoms with van der Waals surface area (Å²) in [4.78, 5) is 24.2. The zero-order valence-corrected chi connectivity index (χ0v) is 22.1. The standard InChI is InChI=1S/C28H54O5/c1-4-7-9-11-13-15-17-19-21-26(30)32-24-28(6-3,23-29)25-33-27(31)22-20-18-16-14-12-10-8-5-2/h29H,4-25H2,1-3H3. The van der Waals surface area contributed by atoms with Crippen LogP contribution in [-0.4, -0.2) is 36.9 Å². The molecule has 0 heterocycles. The van der Waals surface area contributed by atoms with Crippen LogP contribution < -0.4 is 0 Å². The quantitative estimate of drug-likeness (QED) is 0.117. The highest BCUT2D eigenvalue weighted by Crippen LogP contribution is 2.23. The van der Waals surface area contributed by atoms with Gasteiger partial charge in [0.2, 0.25) is 0 Å². The Morgan fingerprint density at radius 1 is 0.576 bits per heavy atom. The molecule has 0 radical (unpaired) electrons. The van der Waals surface area contributed by atoms with Gasteiger partial charge in [-0.3, -0.25) is 9.59 Å². The molecule has 0 saturated heterocycles. The van der Waals surface area contributed by atoms with Gasteiger partial charge in [0.05, 0.1) is 12.0 Å². The van der Waals surface area contributed by atoms with Crippen molar-refractivity contribution in [1.82, 2.24) is 0 Å². The molecule has 0 bridgehead atoms. The van der Waals surface area contributed by atoms with Crippen LogP contribution in [0.3, 0.4) is 0 Å². The second-order valence-corrected chi connectivity index (χ2v) is 9.78. The van der Waals surface area contributed by atoms with Gasteiger partial charge in [0.25, 0.3) is 0 Å². The van der Waals surface area contributed by atoms with Crippen LogP contribution in [0.1, 0.15) is 143 Å². The first-order valence-corrected chi connectivity index (χ1v) is 14.0. The minimum Gasteiger partial charge on any atom is -0.465 e. The molecule has 0 fully saturated rings. The number of carbonyl (C=O) groups is 2. The molecule has 0 atom stereocenters. The summed E-state index contributed by atoms with van der Waals surface area (Å²) in [5.41, 5.74) is -0.704. The van der Waals surface area contributed by atoms with E-state index < -0.39 is 5.41 Å². The molecule has 0 aromatic carbocycles. The lowest BCUT2D eigenvalue weighted by atomic mass is 9.88. The Labute approximate surface area is 204 Å². The lowest BCUT2D eigenvalue weighted by Gasteiger charge is -2.29.